The van der Waals surface area contributed by atoms with E-state index in [-0.39, 0.29) is 42.1 Å². The molecule has 1 amide bonds. The average Bonchev–Trinajstić information content (AvgIpc) is 3.26. The first-order valence-corrected chi connectivity index (χ1v) is 15.0. The van der Waals surface area contributed by atoms with Crippen LogP contribution in [-0.2, 0) is 11.3 Å². The first-order chi connectivity index (χ1) is 20.4. The SMILES string of the molecule is C[C@@H]1CCCCO[C@@H](CN(C)Cc2ccc3c(c2)OC(F)(F)O3)[C@H](C)CN([C@@H](C)CO)C(=O)c2cc(N(C)C)ccc2O1. The molecule has 1 N–H and O–H groups in total. The van der Waals surface area contributed by atoms with Gasteiger partial charge in [0.25, 0.3) is 5.91 Å². The van der Waals surface area contributed by atoms with Crippen LogP contribution in [-0.4, -0.2) is 92.8 Å². The van der Waals surface area contributed by atoms with Crippen LogP contribution in [0, 0.1) is 5.92 Å². The van der Waals surface area contributed by atoms with Gasteiger partial charge in [-0.15, -0.1) is 8.78 Å². The molecule has 2 aromatic rings. The number of carbonyl (C=O) groups excluding carboxylic acids is 1. The molecular weight excluding hydrogens is 560 g/mol. The third kappa shape index (κ3) is 8.49. The zero-order valence-electron chi connectivity index (χ0n) is 26.0. The minimum Gasteiger partial charge on any atom is -0.490 e. The summed E-state index contributed by atoms with van der Waals surface area (Å²) in [6, 6.07) is 10.0. The van der Waals surface area contributed by atoms with E-state index in [9.17, 15) is 18.7 Å². The van der Waals surface area contributed by atoms with E-state index in [1.54, 1.807) is 17.0 Å². The maximum atomic E-state index is 14.1. The molecule has 238 valence electrons. The van der Waals surface area contributed by atoms with Crippen molar-refractivity contribution in [3.8, 4) is 17.2 Å². The standard InChI is InChI=1S/C32H45F2N3O6/c1-21-17-37(22(2)20-38)31(39)26-16-25(35(4)5)11-13-27(26)41-23(3)9-7-8-14-40-30(21)19-36(6)18-24-10-12-28-29(15-24)43-32(33,34)42-28/h10-13,15-16,21-23,30,38H,7-9,14,17-20H2,1-6H3/t21-,22+,23-,30+/m1/s1. The van der Waals surface area contributed by atoms with E-state index in [0.29, 0.717) is 37.6 Å². The number of alkyl halides is 2. The molecule has 0 aromatic heterocycles. The van der Waals surface area contributed by atoms with Gasteiger partial charge in [-0.25, -0.2) is 0 Å². The second kappa shape index (κ2) is 14.1. The van der Waals surface area contributed by atoms with Gasteiger partial charge in [0.2, 0.25) is 0 Å². The van der Waals surface area contributed by atoms with Gasteiger partial charge in [0.15, 0.2) is 11.5 Å². The smallest absolute Gasteiger partial charge is 0.490 e. The second-order valence-corrected chi connectivity index (χ2v) is 12.0. The Morgan fingerprint density at radius 2 is 1.77 bits per heavy atom. The molecule has 43 heavy (non-hydrogen) atoms. The number of hydrogen-bond donors (Lipinski definition) is 1. The molecule has 9 nitrogen and oxygen atoms in total. The van der Waals surface area contributed by atoms with Gasteiger partial charge in [-0.05, 0) is 76.1 Å². The minimum atomic E-state index is -3.66. The number of benzene rings is 2. The van der Waals surface area contributed by atoms with E-state index in [1.165, 1.54) is 6.07 Å². The highest BCUT2D eigenvalue weighted by Gasteiger charge is 2.43. The third-order valence-electron chi connectivity index (χ3n) is 7.96. The topological polar surface area (TPSA) is 83.9 Å². The minimum absolute atomic E-state index is 0.0150. The van der Waals surface area contributed by atoms with E-state index in [2.05, 4.69) is 14.4 Å². The highest BCUT2D eigenvalue weighted by atomic mass is 19.3. The number of amides is 1. The first-order valence-electron chi connectivity index (χ1n) is 15.0. The van der Waals surface area contributed by atoms with Gasteiger partial charge >= 0.3 is 6.29 Å². The molecule has 4 rings (SSSR count). The summed E-state index contributed by atoms with van der Waals surface area (Å²) in [6.07, 6.45) is -1.40. The lowest BCUT2D eigenvalue weighted by atomic mass is 10.0. The number of aliphatic hydroxyl groups is 1. The van der Waals surface area contributed by atoms with Crippen LogP contribution in [0.25, 0.3) is 0 Å². The number of ether oxygens (including phenoxy) is 4. The fourth-order valence-corrected chi connectivity index (χ4v) is 5.43. The molecule has 0 aliphatic carbocycles. The number of rotatable bonds is 7. The van der Waals surface area contributed by atoms with E-state index in [4.69, 9.17) is 9.47 Å². The van der Waals surface area contributed by atoms with Gasteiger partial charge in [-0.2, -0.15) is 0 Å². The molecular formula is C32H45F2N3O6. The fraction of sp³-hybridized carbons (Fsp3) is 0.594. The van der Waals surface area contributed by atoms with Crippen molar-refractivity contribution in [2.75, 3.05) is 52.3 Å². The summed E-state index contributed by atoms with van der Waals surface area (Å²) < 4.78 is 48.8. The molecule has 2 heterocycles. The van der Waals surface area contributed by atoms with Crippen LogP contribution >= 0.6 is 0 Å². The average molecular weight is 606 g/mol. The maximum Gasteiger partial charge on any atom is 0.586 e. The molecule has 0 fully saturated rings. The highest BCUT2D eigenvalue weighted by Crippen LogP contribution is 2.41. The summed E-state index contributed by atoms with van der Waals surface area (Å²) in [5.41, 5.74) is 2.14. The van der Waals surface area contributed by atoms with Crippen molar-refractivity contribution in [2.45, 2.75) is 71.1 Å². The van der Waals surface area contributed by atoms with Crippen molar-refractivity contribution in [3.05, 3.63) is 47.5 Å². The van der Waals surface area contributed by atoms with Crippen LogP contribution in [0.5, 0.6) is 17.2 Å². The molecule has 0 bridgehead atoms. The first kappa shape index (κ1) is 32.8. The zero-order valence-corrected chi connectivity index (χ0v) is 26.0. The normalized spacial score (nSPS) is 23.3. The summed E-state index contributed by atoms with van der Waals surface area (Å²) in [6.45, 7) is 7.63. The van der Waals surface area contributed by atoms with Crippen molar-refractivity contribution < 1.29 is 37.6 Å². The van der Waals surface area contributed by atoms with E-state index in [0.717, 1.165) is 30.5 Å². The van der Waals surface area contributed by atoms with Crippen molar-refractivity contribution in [3.63, 3.8) is 0 Å². The van der Waals surface area contributed by atoms with Crippen molar-refractivity contribution in [2.24, 2.45) is 5.92 Å². The molecule has 0 saturated carbocycles. The molecule has 0 unspecified atom stereocenters. The van der Waals surface area contributed by atoms with Gasteiger partial charge < -0.3 is 33.9 Å². The number of carbonyl (C=O) groups is 1. The van der Waals surface area contributed by atoms with Crippen LogP contribution in [0.15, 0.2) is 36.4 Å². The molecule has 0 saturated heterocycles. The van der Waals surface area contributed by atoms with Gasteiger partial charge in [0, 0.05) is 51.9 Å². The van der Waals surface area contributed by atoms with Crippen LogP contribution in [0.1, 0.15) is 56.0 Å². The largest absolute Gasteiger partial charge is 0.586 e. The second-order valence-electron chi connectivity index (χ2n) is 12.0. The Hall–Kier alpha value is -3.15. The lowest BCUT2D eigenvalue weighted by Crippen LogP contribution is -2.47. The number of likely N-dealkylation sites (N-methyl/N-ethyl adjacent to an activating group) is 1. The Labute approximate surface area is 253 Å². The summed E-state index contributed by atoms with van der Waals surface area (Å²) in [5.74, 6) is 0.277. The Balaban J connectivity index is 1.56. The van der Waals surface area contributed by atoms with Gasteiger partial charge in [0.1, 0.15) is 5.75 Å². The van der Waals surface area contributed by atoms with Crippen LogP contribution in [0.4, 0.5) is 14.5 Å². The Bertz CT molecular complexity index is 1250. The number of fused-ring (bicyclic) bond motifs is 2. The number of hydrogen-bond acceptors (Lipinski definition) is 8. The summed E-state index contributed by atoms with van der Waals surface area (Å²) in [7, 11) is 5.79. The molecule has 0 spiro atoms. The van der Waals surface area contributed by atoms with Crippen molar-refractivity contribution >= 4 is 11.6 Å². The lowest BCUT2D eigenvalue weighted by molar-refractivity contribution is -0.286. The molecule has 2 aliphatic rings. The number of halogens is 2. The van der Waals surface area contributed by atoms with E-state index in [1.807, 2.05) is 65.0 Å². The van der Waals surface area contributed by atoms with Gasteiger partial charge in [0.05, 0.1) is 30.4 Å². The Morgan fingerprint density at radius 1 is 1.05 bits per heavy atom. The van der Waals surface area contributed by atoms with Crippen LogP contribution in [0.3, 0.4) is 0 Å². The maximum absolute atomic E-state index is 14.1. The molecule has 2 aliphatic heterocycles. The van der Waals surface area contributed by atoms with Crippen LogP contribution in [0.2, 0.25) is 0 Å². The molecule has 4 atom stereocenters. The third-order valence-corrected chi connectivity index (χ3v) is 7.96. The monoisotopic (exact) mass is 605 g/mol. The van der Waals surface area contributed by atoms with Gasteiger partial charge in [-0.3, -0.25) is 9.69 Å². The molecule has 0 radical (unpaired) electrons. The zero-order chi connectivity index (χ0) is 31.3. The van der Waals surface area contributed by atoms with Crippen LogP contribution < -0.4 is 19.1 Å². The van der Waals surface area contributed by atoms with Crippen molar-refractivity contribution in [1.29, 1.82) is 0 Å². The quantitative estimate of drug-likeness (QED) is 0.472. The van der Waals surface area contributed by atoms with E-state index >= 15 is 0 Å². The lowest BCUT2D eigenvalue weighted by Gasteiger charge is -2.36. The molecule has 2 aromatic carbocycles. The van der Waals surface area contributed by atoms with Crippen molar-refractivity contribution in [1.82, 2.24) is 9.80 Å². The van der Waals surface area contributed by atoms with E-state index < -0.39 is 12.3 Å². The Morgan fingerprint density at radius 3 is 2.49 bits per heavy atom. The Kier molecular flexibility index (Phi) is 10.7. The summed E-state index contributed by atoms with van der Waals surface area (Å²) in [5, 5.41) is 10.1. The number of anilines is 1. The summed E-state index contributed by atoms with van der Waals surface area (Å²) in [4.78, 5) is 19.8. The predicted octanol–water partition coefficient (Wildman–Crippen LogP) is 5.00. The fourth-order valence-electron chi connectivity index (χ4n) is 5.43. The molecule has 11 heteroatoms. The number of nitrogens with zero attached hydrogens (tertiary/aromatic N) is 3. The highest BCUT2D eigenvalue weighted by molar-refractivity contribution is 5.98. The number of aliphatic hydroxyl groups excluding tert-OH is 1. The summed E-state index contributed by atoms with van der Waals surface area (Å²) >= 11 is 0. The predicted molar refractivity (Wildman–Crippen MR) is 160 cm³/mol. The van der Waals surface area contributed by atoms with Gasteiger partial charge in [-0.1, -0.05) is 13.0 Å².